The zero-order chi connectivity index (χ0) is 16.0. The van der Waals surface area contributed by atoms with Gasteiger partial charge >= 0.3 is 5.82 Å². The number of nitrogens with zero attached hydrogens (tertiary/aromatic N) is 3. The molecule has 4 saturated carbocycles. The number of hydrogen-bond donors (Lipinski definition) is 1. The first-order valence-electron chi connectivity index (χ1n) is 8.55. The fourth-order valence-corrected chi connectivity index (χ4v) is 5.21. The van der Waals surface area contributed by atoms with Gasteiger partial charge in [0.15, 0.2) is 0 Å². The third-order valence-corrected chi connectivity index (χ3v) is 5.94. The largest absolute Gasteiger partial charge is 0.389 e. The van der Waals surface area contributed by atoms with E-state index in [9.17, 15) is 14.9 Å². The minimum atomic E-state index is -0.523. The van der Waals surface area contributed by atoms with Crippen molar-refractivity contribution in [2.24, 2.45) is 23.7 Å². The number of hydrogen-bond acceptors (Lipinski definition) is 4. The molecule has 0 aliphatic heterocycles. The minimum absolute atomic E-state index is 0.0422. The fraction of sp³-hybridized carbons (Fsp3) is 0.750. The second-order valence-corrected chi connectivity index (χ2v) is 7.47. The van der Waals surface area contributed by atoms with Gasteiger partial charge in [-0.3, -0.25) is 4.79 Å². The van der Waals surface area contributed by atoms with Crippen molar-refractivity contribution in [3.8, 4) is 0 Å². The van der Waals surface area contributed by atoms with E-state index >= 15 is 0 Å². The first-order valence-corrected chi connectivity index (χ1v) is 8.55. The van der Waals surface area contributed by atoms with Gasteiger partial charge in [-0.15, -0.1) is 0 Å². The Hall–Kier alpha value is -1.92. The van der Waals surface area contributed by atoms with E-state index in [-0.39, 0.29) is 11.7 Å². The van der Waals surface area contributed by atoms with Crippen LogP contribution in [0.25, 0.3) is 0 Å². The summed E-state index contributed by atoms with van der Waals surface area (Å²) in [5, 5.41) is 17.7. The molecule has 0 radical (unpaired) electrons. The molecule has 7 heteroatoms. The number of aromatic nitrogens is 2. The maximum absolute atomic E-state index is 12.3. The normalized spacial score (nSPS) is 34.5. The lowest BCUT2D eigenvalue weighted by atomic mass is 9.54. The highest BCUT2D eigenvalue weighted by atomic mass is 16.6. The number of carbonyl (C=O) groups is 1. The van der Waals surface area contributed by atoms with Gasteiger partial charge in [0.1, 0.15) is 0 Å². The van der Waals surface area contributed by atoms with E-state index in [2.05, 4.69) is 10.4 Å². The van der Waals surface area contributed by atoms with Crippen LogP contribution in [0.2, 0.25) is 0 Å². The van der Waals surface area contributed by atoms with E-state index in [4.69, 9.17) is 0 Å². The fourth-order valence-electron chi connectivity index (χ4n) is 5.21. The number of carbonyl (C=O) groups excluding carboxylic acids is 1. The van der Waals surface area contributed by atoms with Crippen LogP contribution in [0.4, 0.5) is 5.82 Å². The molecule has 4 bridgehead atoms. The van der Waals surface area contributed by atoms with Crippen LogP contribution in [0, 0.1) is 33.8 Å². The summed E-state index contributed by atoms with van der Waals surface area (Å²) < 4.78 is 1.47. The molecule has 124 valence electrons. The summed E-state index contributed by atoms with van der Waals surface area (Å²) in [6.07, 6.45) is 8.40. The van der Waals surface area contributed by atoms with Crippen molar-refractivity contribution in [1.29, 1.82) is 0 Å². The average Bonchev–Trinajstić information content (AvgIpc) is 2.97. The topological polar surface area (TPSA) is 90.1 Å². The number of nitro groups is 1. The van der Waals surface area contributed by atoms with E-state index in [0.29, 0.717) is 30.8 Å². The number of nitrogens with one attached hydrogen (secondary N) is 1. The Morgan fingerprint density at radius 2 is 1.91 bits per heavy atom. The van der Waals surface area contributed by atoms with Crippen LogP contribution in [0.15, 0.2) is 12.3 Å². The van der Waals surface area contributed by atoms with E-state index in [0.717, 1.165) is 11.8 Å². The lowest BCUT2D eigenvalue weighted by Gasteiger charge is -2.54. The molecule has 1 aromatic rings. The highest BCUT2D eigenvalue weighted by Gasteiger charge is 2.48. The molecule has 1 aromatic heterocycles. The molecule has 0 unspecified atom stereocenters. The molecule has 4 fully saturated rings. The smallest absolute Gasteiger partial charge is 0.358 e. The van der Waals surface area contributed by atoms with E-state index in [1.54, 1.807) is 6.20 Å². The van der Waals surface area contributed by atoms with Crippen molar-refractivity contribution in [3.05, 3.63) is 22.4 Å². The van der Waals surface area contributed by atoms with Crippen molar-refractivity contribution in [1.82, 2.24) is 15.1 Å². The van der Waals surface area contributed by atoms with Gasteiger partial charge in [-0.05, 0) is 60.7 Å². The molecular weight excluding hydrogens is 296 g/mol. The van der Waals surface area contributed by atoms with E-state index in [1.807, 2.05) is 0 Å². The Morgan fingerprint density at radius 3 is 2.48 bits per heavy atom. The highest BCUT2D eigenvalue weighted by Crippen LogP contribution is 2.53. The van der Waals surface area contributed by atoms with Gasteiger partial charge in [0, 0.05) is 12.5 Å². The van der Waals surface area contributed by atoms with Crippen LogP contribution >= 0.6 is 0 Å². The van der Waals surface area contributed by atoms with Crippen LogP contribution in [0.3, 0.4) is 0 Å². The Bertz CT molecular complexity index is 599. The van der Waals surface area contributed by atoms with Crippen LogP contribution in [0.1, 0.15) is 38.5 Å². The summed E-state index contributed by atoms with van der Waals surface area (Å²) >= 11 is 0. The zero-order valence-electron chi connectivity index (χ0n) is 13.1. The summed E-state index contributed by atoms with van der Waals surface area (Å²) in [6.45, 7) is 0.382. The number of rotatable bonds is 5. The van der Waals surface area contributed by atoms with Crippen LogP contribution < -0.4 is 5.32 Å². The van der Waals surface area contributed by atoms with Crippen molar-refractivity contribution in [3.63, 3.8) is 0 Å². The summed E-state index contributed by atoms with van der Waals surface area (Å²) in [7, 11) is 0. The van der Waals surface area contributed by atoms with Gasteiger partial charge in [0.05, 0.1) is 23.9 Å². The van der Waals surface area contributed by atoms with Crippen molar-refractivity contribution < 1.29 is 9.72 Å². The molecule has 0 atom stereocenters. The maximum atomic E-state index is 12.3. The molecule has 1 N–H and O–H groups in total. The third-order valence-electron chi connectivity index (χ3n) is 5.94. The Balaban J connectivity index is 1.31. The molecule has 0 aromatic carbocycles. The summed E-state index contributed by atoms with van der Waals surface area (Å²) in [4.78, 5) is 22.3. The molecule has 23 heavy (non-hydrogen) atoms. The molecule has 7 nitrogen and oxygen atoms in total. The second-order valence-electron chi connectivity index (χ2n) is 7.47. The summed E-state index contributed by atoms with van der Waals surface area (Å²) in [6, 6.07) is 1.71. The summed E-state index contributed by atoms with van der Waals surface area (Å²) in [5.74, 6) is 3.00. The molecule has 0 spiro atoms. The predicted molar refractivity (Wildman–Crippen MR) is 82.5 cm³/mol. The summed E-state index contributed by atoms with van der Waals surface area (Å²) in [5.41, 5.74) is 0. The van der Waals surface area contributed by atoms with Gasteiger partial charge in [0.25, 0.3) is 0 Å². The van der Waals surface area contributed by atoms with Crippen LogP contribution in [-0.4, -0.2) is 26.7 Å². The SMILES string of the molecule is O=C(CCn1ccc([N+](=O)[O-])n1)NC1C2CC3CC(C2)CC1C3. The quantitative estimate of drug-likeness (QED) is 0.665. The highest BCUT2D eigenvalue weighted by molar-refractivity contribution is 5.76. The van der Waals surface area contributed by atoms with Gasteiger partial charge < -0.3 is 15.4 Å². The molecule has 1 heterocycles. The third kappa shape index (κ3) is 2.84. The minimum Gasteiger partial charge on any atom is -0.358 e. The molecular formula is C16H22N4O3. The maximum Gasteiger partial charge on any atom is 0.389 e. The lowest BCUT2D eigenvalue weighted by molar-refractivity contribution is -0.389. The van der Waals surface area contributed by atoms with Crippen LogP contribution in [0.5, 0.6) is 0 Å². The molecule has 4 aliphatic carbocycles. The van der Waals surface area contributed by atoms with Gasteiger partial charge in [-0.2, -0.15) is 4.68 Å². The second kappa shape index (κ2) is 5.62. The lowest BCUT2D eigenvalue weighted by Crippen LogP contribution is -2.55. The predicted octanol–water partition coefficient (Wildman–Crippen LogP) is 2.12. The number of amides is 1. The Kier molecular flexibility index (Phi) is 3.58. The first kappa shape index (κ1) is 14.7. The molecule has 1 amide bonds. The first-order chi connectivity index (χ1) is 11.1. The Morgan fingerprint density at radius 1 is 1.26 bits per heavy atom. The van der Waals surface area contributed by atoms with Gasteiger partial charge in [0.2, 0.25) is 5.91 Å². The standard InChI is InChI=1S/C16H22N4O3/c21-15(2-4-19-3-1-14(18-19)20(22)23)17-16-12-6-10-5-11(8-12)9-13(16)7-10/h1,3,10-13,16H,2,4-9H2,(H,17,21). The molecule has 0 saturated heterocycles. The van der Waals surface area contributed by atoms with E-state index < -0.39 is 4.92 Å². The monoisotopic (exact) mass is 318 g/mol. The van der Waals surface area contributed by atoms with Crippen molar-refractivity contribution >= 4 is 11.7 Å². The molecule has 5 rings (SSSR count). The van der Waals surface area contributed by atoms with Crippen molar-refractivity contribution in [2.45, 2.75) is 51.1 Å². The number of aryl methyl sites for hydroxylation is 1. The van der Waals surface area contributed by atoms with Crippen LogP contribution in [-0.2, 0) is 11.3 Å². The van der Waals surface area contributed by atoms with E-state index in [1.165, 1.54) is 42.9 Å². The van der Waals surface area contributed by atoms with Gasteiger partial charge in [-0.1, -0.05) is 0 Å². The Labute approximate surface area is 134 Å². The van der Waals surface area contributed by atoms with Gasteiger partial charge in [-0.25, -0.2) is 0 Å². The molecule has 4 aliphatic rings. The zero-order valence-corrected chi connectivity index (χ0v) is 13.1. The van der Waals surface area contributed by atoms with Crippen molar-refractivity contribution in [2.75, 3.05) is 0 Å². The average molecular weight is 318 g/mol.